The standard InChI is InChI=1S/C11H11ClN2OS/c1-7(11-13-8(2)14-15-11)16-10-5-3-4-9(12)6-10/h3-7H,1-2H3. The van der Waals surface area contributed by atoms with E-state index < -0.39 is 0 Å². The number of halogens is 1. The molecular weight excluding hydrogens is 244 g/mol. The van der Waals surface area contributed by atoms with E-state index >= 15 is 0 Å². The van der Waals surface area contributed by atoms with Crippen molar-refractivity contribution in [3.63, 3.8) is 0 Å². The normalized spacial score (nSPS) is 12.7. The minimum atomic E-state index is 0.125. The van der Waals surface area contributed by atoms with Crippen molar-refractivity contribution in [1.29, 1.82) is 0 Å². The Morgan fingerprint density at radius 3 is 2.88 bits per heavy atom. The molecule has 5 heteroatoms. The summed E-state index contributed by atoms with van der Waals surface area (Å²) in [5, 5.41) is 4.63. The lowest BCUT2D eigenvalue weighted by Crippen LogP contribution is -1.88. The van der Waals surface area contributed by atoms with E-state index in [4.69, 9.17) is 16.1 Å². The monoisotopic (exact) mass is 254 g/mol. The first-order valence-corrected chi connectivity index (χ1v) is 6.13. The molecule has 0 saturated heterocycles. The summed E-state index contributed by atoms with van der Waals surface area (Å²) in [6, 6.07) is 7.71. The topological polar surface area (TPSA) is 38.9 Å². The summed E-state index contributed by atoms with van der Waals surface area (Å²) in [7, 11) is 0. The minimum Gasteiger partial charge on any atom is -0.338 e. The Bertz CT molecular complexity index is 486. The Hall–Kier alpha value is -1.00. The van der Waals surface area contributed by atoms with Gasteiger partial charge in [-0.05, 0) is 32.0 Å². The Morgan fingerprint density at radius 1 is 1.44 bits per heavy atom. The van der Waals surface area contributed by atoms with Gasteiger partial charge in [0.15, 0.2) is 5.82 Å². The summed E-state index contributed by atoms with van der Waals surface area (Å²) >= 11 is 7.56. The van der Waals surface area contributed by atoms with Crippen LogP contribution in [0.5, 0.6) is 0 Å². The second kappa shape index (κ2) is 4.89. The molecule has 3 nitrogen and oxygen atoms in total. The van der Waals surface area contributed by atoms with Gasteiger partial charge in [-0.1, -0.05) is 22.8 Å². The summed E-state index contributed by atoms with van der Waals surface area (Å²) < 4.78 is 5.11. The molecule has 0 amide bonds. The van der Waals surface area contributed by atoms with Crippen molar-refractivity contribution >= 4 is 23.4 Å². The van der Waals surface area contributed by atoms with Gasteiger partial charge >= 0.3 is 0 Å². The van der Waals surface area contributed by atoms with Gasteiger partial charge in [-0.3, -0.25) is 0 Å². The van der Waals surface area contributed by atoms with Crippen LogP contribution >= 0.6 is 23.4 Å². The molecule has 84 valence electrons. The number of benzene rings is 1. The minimum absolute atomic E-state index is 0.125. The van der Waals surface area contributed by atoms with E-state index in [0.717, 1.165) is 9.92 Å². The third-order valence-electron chi connectivity index (χ3n) is 2.00. The quantitative estimate of drug-likeness (QED) is 0.779. The maximum Gasteiger partial charge on any atom is 0.239 e. The fourth-order valence-electron chi connectivity index (χ4n) is 1.27. The van der Waals surface area contributed by atoms with Gasteiger partial charge in [0, 0.05) is 9.92 Å². The van der Waals surface area contributed by atoms with Crippen LogP contribution in [-0.4, -0.2) is 10.1 Å². The molecule has 0 aliphatic rings. The number of hydrogen-bond acceptors (Lipinski definition) is 4. The van der Waals surface area contributed by atoms with Crippen LogP contribution in [0.1, 0.15) is 23.9 Å². The van der Waals surface area contributed by atoms with Crippen molar-refractivity contribution in [3.8, 4) is 0 Å². The molecule has 0 bridgehead atoms. The van der Waals surface area contributed by atoms with E-state index in [1.165, 1.54) is 0 Å². The third-order valence-corrected chi connectivity index (χ3v) is 3.32. The summed E-state index contributed by atoms with van der Waals surface area (Å²) in [6.07, 6.45) is 0. The molecule has 0 saturated carbocycles. The summed E-state index contributed by atoms with van der Waals surface area (Å²) in [6.45, 7) is 3.84. The highest BCUT2D eigenvalue weighted by Gasteiger charge is 2.14. The van der Waals surface area contributed by atoms with Crippen LogP contribution < -0.4 is 0 Å². The average molecular weight is 255 g/mol. The Morgan fingerprint density at radius 2 is 2.25 bits per heavy atom. The van der Waals surface area contributed by atoms with Crippen LogP contribution in [0.3, 0.4) is 0 Å². The molecule has 0 spiro atoms. The molecule has 0 aliphatic heterocycles. The summed E-state index contributed by atoms with van der Waals surface area (Å²) in [5.74, 6) is 1.30. The Balaban J connectivity index is 2.10. The molecule has 0 fully saturated rings. The largest absolute Gasteiger partial charge is 0.338 e. The van der Waals surface area contributed by atoms with Gasteiger partial charge in [0.1, 0.15) is 0 Å². The van der Waals surface area contributed by atoms with E-state index in [-0.39, 0.29) is 5.25 Å². The van der Waals surface area contributed by atoms with Gasteiger partial charge in [0.05, 0.1) is 5.25 Å². The van der Waals surface area contributed by atoms with Gasteiger partial charge in [0.25, 0.3) is 0 Å². The molecule has 1 unspecified atom stereocenters. The molecule has 1 atom stereocenters. The highest BCUT2D eigenvalue weighted by Crippen LogP contribution is 2.34. The molecule has 0 aliphatic carbocycles. The van der Waals surface area contributed by atoms with E-state index in [0.29, 0.717) is 11.7 Å². The summed E-state index contributed by atoms with van der Waals surface area (Å²) in [5.41, 5.74) is 0. The maximum atomic E-state index is 5.91. The number of thioether (sulfide) groups is 1. The fourth-order valence-corrected chi connectivity index (χ4v) is 2.49. The molecule has 2 rings (SSSR count). The van der Waals surface area contributed by atoms with Gasteiger partial charge in [-0.15, -0.1) is 11.8 Å². The van der Waals surface area contributed by atoms with Gasteiger partial charge in [-0.25, -0.2) is 0 Å². The highest BCUT2D eigenvalue weighted by molar-refractivity contribution is 7.99. The first-order valence-electron chi connectivity index (χ1n) is 4.87. The van der Waals surface area contributed by atoms with Gasteiger partial charge in [-0.2, -0.15) is 4.98 Å². The van der Waals surface area contributed by atoms with Gasteiger partial charge < -0.3 is 4.52 Å². The van der Waals surface area contributed by atoms with Crippen LogP contribution in [0.4, 0.5) is 0 Å². The third kappa shape index (κ3) is 2.77. The van der Waals surface area contributed by atoms with Crippen molar-refractivity contribution in [2.45, 2.75) is 24.0 Å². The zero-order chi connectivity index (χ0) is 11.5. The predicted molar refractivity (Wildman–Crippen MR) is 64.8 cm³/mol. The second-order valence-electron chi connectivity index (χ2n) is 3.40. The molecule has 16 heavy (non-hydrogen) atoms. The molecule has 2 aromatic rings. The number of rotatable bonds is 3. The fraction of sp³-hybridized carbons (Fsp3) is 0.273. The first-order chi connectivity index (χ1) is 7.65. The van der Waals surface area contributed by atoms with E-state index in [1.54, 1.807) is 11.8 Å². The van der Waals surface area contributed by atoms with E-state index in [2.05, 4.69) is 10.1 Å². The summed E-state index contributed by atoms with van der Waals surface area (Å²) in [4.78, 5) is 5.29. The lowest BCUT2D eigenvalue weighted by atomic mass is 10.4. The van der Waals surface area contributed by atoms with Crippen LogP contribution in [0.15, 0.2) is 33.7 Å². The van der Waals surface area contributed by atoms with E-state index in [1.807, 2.05) is 38.1 Å². The number of nitrogens with zero attached hydrogens (tertiary/aromatic N) is 2. The lowest BCUT2D eigenvalue weighted by Gasteiger charge is -2.06. The molecule has 1 aromatic carbocycles. The van der Waals surface area contributed by atoms with Crippen molar-refractivity contribution in [2.75, 3.05) is 0 Å². The van der Waals surface area contributed by atoms with E-state index in [9.17, 15) is 0 Å². The SMILES string of the molecule is Cc1noc(C(C)Sc2cccc(Cl)c2)n1. The Kier molecular flexibility index (Phi) is 3.51. The van der Waals surface area contributed by atoms with Crippen molar-refractivity contribution in [1.82, 2.24) is 10.1 Å². The molecule has 0 radical (unpaired) electrons. The Labute approximate surface area is 103 Å². The zero-order valence-corrected chi connectivity index (χ0v) is 10.5. The van der Waals surface area contributed by atoms with Crippen LogP contribution in [0, 0.1) is 6.92 Å². The first kappa shape index (κ1) is 11.5. The van der Waals surface area contributed by atoms with Crippen molar-refractivity contribution in [3.05, 3.63) is 41.0 Å². The smallest absolute Gasteiger partial charge is 0.239 e. The van der Waals surface area contributed by atoms with Gasteiger partial charge in [0.2, 0.25) is 5.89 Å². The molecular formula is C11H11ClN2OS. The average Bonchev–Trinajstić information content (AvgIpc) is 2.65. The predicted octanol–water partition coefficient (Wildman–Crippen LogP) is 3.88. The number of aromatic nitrogens is 2. The number of aryl methyl sites for hydroxylation is 1. The van der Waals surface area contributed by atoms with Crippen molar-refractivity contribution in [2.24, 2.45) is 0 Å². The maximum absolute atomic E-state index is 5.91. The molecule has 1 aromatic heterocycles. The highest BCUT2D eigenvalue weighted by atomic mass is 35.5. The second-order valence-corrected chi connectivity index (χ2v) is 5.25. The van der Waals surface area contributed by atoms with Crippen LogP contribution in [-0.2, 0) is 0 Å². The van der Waals surface area contributed by atoms with Crippen molar-refractivity contribution < 1.29 is 4.52 Å². The van der Waals surface area contributed by atoms with Crippen LogP contribution in [0.2, 0.25) is 5.02 Å². The molecule has 0 N–H and O–H groups in total. The molecule has 1 heterocycles. The lowest BCUT2D eigenvalue weighted by molar-refractivity contribution is 0.376. The number of hydrogen-bond donors (Lipinski definition) is 0. The van der Waals surface area contributed by atoms with Crippen LogP contribution in [0.25, 0.3) is 0 Å². The zero-order valence-electron chi connectivity index (χ0n) is 8.98.